The molecule has 0 aliphatic heterocycles. The van der Waals surface area contributed by atoms with Crippen LogP contribution in [-0.2, 0) is 6.42 Å². The van der Waals surface area contributed by atoms with Crippen LogP contribution in [-0.4, -0.2) is 5.84 Å². The van der Waals surface area contributed by atoms with Crippen molar-refractivity contribution in [2.24, 2.45) is 4.99 Å². The Morgan fingerprint density at radius 3 is 2.26 bits per heavy atom. The molecule has 0 saturated heterocycles. The first-order valence-corrected chi connectivity index (χ1v) is 11.2. The van der Waals surface area contributed by atoms with E-state index in [1.54, 1.807) is 6.07 Å². The van der Waals surface area contributed by atoms with Gasteiger partial charge in [-0.15, -0.1) is 0 Å². The molecule has 0 bridgehead atoms. The van der Waals surface area contributed by atoms with Crippen LogP contribution in [0.15, 0.2) is 77.0 Å². The Kier molecular flexibility index (Phi) is 9.74. The van der Waals surface area contributed by atoms with E-state index in [1.165, 1.54) is 28.8 Å². The molecule has 0 spiro atoms. The molecule has 0 radical (unpaired) electrons. The van der Waals surface area contributed by atoms with Crippen molar-refractivity contribution in [3.63, 3.8) is 0 Å². The van der Waals surface area contributed by atoms with Gasteiger partial charge in [0.15, 0.2) is 0 Å². The third-order valence-electron chi connectivity index (χ3n) is 4.88. The van der Waals surface area contributed by atoms with Gasteiger partial charge in [0.05, 0.1) is 0 Å². The van der Waals surface area contributed by atoms with E-state index < -0.39 is 0 Å². The van der Waals surface area contributed by atoms with Gasteiger partial charge in [-0.2, -0.15) is 0 Å². The highest BCUT2D eigenvalue weighted by molar-refractivity contribution is 6.30. The van der Waals surface area contributed by atoms with Gasteiger partial charge in [0.1, 0.15) is 11.7 Å². The van der Waals surface area contributed by atoms with Crippen molar-refractivity contribution in [1.82, 2.24) is 0 Å². The number of hydrogen-bond donors (Lipinski definition) is 1. The molecule has 1 N–H and O–H groups in total. The highest BCUT2D eigenvalue weighted by Gasteiger charge is 2.10. The third-order valence-corrected chi connectivity index (χ3v) is 5.10. The van der Waals surface area contributed by atoms with Gasteiger partial charge in [0, 0.05) is 22.5 Å². The fourth-order valence-corrected chi connectivity index (χ4v) is 3.56. The minimum Gasteiger partial charge on any atom is -0.344 e. The van der Waals surface area contributed by atoms with E-state index in [4.69, 9.17) is 11.6 Å². The average Bonchev–Trinajstić information content (AvgIpc) is 2.72. The van der Waals surface area contributed by atoms with Crippen molar-refractivity contribution < 1.29 is 4.39 Å². The topological polar surface area (TPSA) is 24.4 Å². The number of allylic oxidation sites excluding steroid dienone is 5. The third kappa shape index (κ3) is 7.52. The predicted molar refractivity (Wildman–Crippen MR) is 134 cm³/mol. The summed E-state index contributed by atoms with van der Waals surface area (Å²) in [5.74, 6) is 0.269. The van der Waals surface area contributed by atoms with Gasteiger partial charge in [-0.05, 0) is 73.6 Å². The number of nitrogens with zero attached hydrogens (tertiary/aromatic N) is 1. The van der Waals surface area contributed by atoms with Crippen LogP contribution in [0.5, 0.6) is 0 Å². The summed E-state index contributed by atoms with van der Waals surface area (Å²) in [6, 6.07) is 13.1. The lowest BCUT2D eigenvalue weighted by molar-refractivity contribution is 0.628. The Labute approximate surface area is 191 Å². The van der Waals surface area contributed by atoms with Crippen molar-refractivity contribution in [1.29, 1.82) is 0 Å². The summed E-state index contributed by atoms with van der Waals surface area (Å²) in [4.78, 5) is 4.64. The number of nitrogens with one attached hydrogen (secondary N) is 1. The second-order valence-corrected chi connectivity index (χ2v) is 7.85. The number of aryl methyl sites for hydroxylation is 1. The molecule has 0 aliphatic rings. The highest BCUT2D eigenvalue weighted by Crippen LogP contribution is 2.30. The normalized spacial score (nSPS) is 13.5. The SMILES string of the molecule is CC\C=C(C(=C/N=C(C)Nc1cc(F)cc(Cl)c1)/C(C)=C/CC)\c1ccc(CC)cc1. The van der Waals surface area contributed by atoms with Gasteiger partial charge in [-0.25, -0.2) is 9.38 Å². The summed E-state index contributed by atoms with van der Waals surface area (Å²) < 4.78 is 13.6. The molecule has 0 fully saturated rings. The van der Waals surface area contributed by atoms with E-state index in [1.807, 2.05) is 13.1 Å². The number of benzene rings is 2. The minimum atomic E-state index is -0.385. The molecule has 2 aromatic carbocycles. The number of rotatable bonds is 8. The van der Waals surface area contributed by atoms with Crippen molar-refractivity contribution in [2.75, 3.05) is 5.32 Å². The lowest BCUT2D eigenvalue weighted by atomic mass is 9.91. The molecule has 164 valence electrons. The number of amidine groups is 1. The van der Waals surface area contributed by atoms with E-state index in [0.717, 1.165) is 30.4 Å². The quantitative estimate of drug-likeness (QED) is 0.249. The monoisotopic (exact) mass is 438 g/mol. The van der Waals surface area contributed by atoms with E-state index in [9.17, 15) is 4.39 Å². The molecule has 0 aromatic heterocycles. The van der Waals surface area contributed by atoms with Crippen LogP contribution in [0.4, 0.5) is 10.1 Å². The first kappa shape index (κ1) is 24.6. The van der Waals surface area contributed by atoms with Gasteiger partial charge >= 0.3 is 0 Å². The molecule has 0 amide bonds. The summed E-state index contributed by atoms with van der Waals surface area (Å²) in [5.41, 5.74) is 6.47. The zero-order chi connectivity index (χ0) is 22.8. The zero-order valence-corrected chi connectivity index (χ0v) is 19.9. The number of halogens is 2. The Morgan fingerprint density at radius 2 is 1.68 bits per heavy atom. The van der Waals surface area contributed by atoms with E-state index in [-0.39, 0.29) is 5.82 Å². The fourth-order valence-electron chi connectivity index (χ4n) is 3.34. The van der Waals surface area contributed by atoms with Crippen molar-refractivity contribution in [3.8, 4) is 0 Å². The van der Waals surface area contributed by atoms with E-state index >= 15 is 0 Å². The first-order valence-electron chi connectivity index (χ1n) is 10.8. The number of hydrogen-bond acceptors (Lipinski definition) is 1. The van der Waals surface area contributed by atoms with Crippen molar-refractivity contribution >= 4 is 28.7 Å². The predicted octanol–water partition coefficient (Wildman–Crippen LogP) is 8.61. The summed E-state index contributed by atoms with van der Waals surface area (Å²) in [5, 5.41) is 3.46. The maximum absolute atomic E-state index is 13.6. The smallest absolute Gasteiger partial charge is 0.126 e. The lowest BCUT2D eigenvalue weighted by Crippen LogP contribution is -2.07. The second-order valence-electron chi connectivity index (χ2n) is 7.41. The molecule has 2 nitrogen and oxygen atoms in total. The molecular weight excluding hydrogens is 407 g/mol. The summed E-state index contributed by atoms with van der Waals surface area (Å²) >= 11 is 5.96. The Balaban J connectivity index is 2.44. The molecule has 0 heterocycles. The Hall–Kier alpha value is -2.65. The zero-order valence-electron chi connectivity index (χ0n) is 19.1. The number of anilines is 1. The molecule has 0 atom stereocenters. The first-order chi connectivity index (χ1) is 14.9. The lowest BCUT2D eigenvalue weighted by Gasteiger charge is -2.14. The molecule has 2 rings (SSSR count). The molecule has 0 unspecified atom stereocenters. The second kappa shape index (κ2) is 12.3. The molecule has 0 aliphatic carbocycles. The standard InChI is InChI=1S/C27H32ClFN2/c1-6-9-19(4)27(26(10-7-2)22-13-11-21(8-3)12-14-22)18-30-20(5)31-25-16-23(28)15-24(29)17-25/h9-18H,6-8H2,1-5H3,(H,30,31)/b19-9+,26-10-,27-18+. The largest absolute Gasteiger partial charge is 0.344 e. The Bertz CT molecular complexity index is 978. The van der Waals surface area contributed by atoms with E-state index in [2.05, 4.69) is 74.4 Å². The highest BCUT2D eigenvalue weighted by atomic mass is 35.5. The molecule has 2 aromatic rings. The summed E-state index contributed by atoms with van der Waals surface area (Å²) in [6.45, 7) is 10.4. The summed E-state index contributed by atoms with van der Waals surface area (Å²) in [6.07, 6.45) is 9.22. The van der Waals surface area contributed by atoms with Crippen LogP contribution in [0.2, 0.25) is 5.02 Å². The maximum Gasteiger partial charge on any atom is 0.126 e. The van der Waals surface area contributed by atoms with Gasteiger partial charge < -0.3 is 5.32 Å². The molecule has 31 heavy (non-hydrogen) atoms. The van der Waals surface area contributed by atoms with Gasteiger partial charge in [0.25, 0.3) is 0 Å². The Morgan fingerprint density at radius 1 is 1.00 bits per heavy atom. The van der Waals surface area contributed by atoms with Crippen LogP contribution in [0.1, 0.15) is 58.6 Å². The van der Waals surface area contributed by atoms with Gasteiger partial charge in [0.2, 0.25) is 0 Å². The maximum atomic E-state index is 13.6. The van der Waals surface area contributed by atoms with Crippen molar-refractivity contribution in [3.05, 3.63) is 93.9 Å². The fraction of sp³-hybridized carbons (Fsp3) is 0.296. The van der Waals surface area contributed by atoms with Crippen LogP contribution < -0.4 is 5.32 Å². The molecular formula is C27H32ClFN2. The molecule has 4 heteroatoms. The van der Waals surface area contributed by atoms with Crippen LogP contribution >= 0.6 is 11.6 Å². The van der Waals surface area contributed by atoms with Crippen molar-refractivity contribution in [2.45, 2.75) is 53.9 Å². The van der Waals surface area contributed by atoms with Crippen LogP contribution in [0.3, 0.4) is 0 Å². The van der Waals surface area contributed by atoms with Crippen LogP contribution in [0, 0.1) is 5.82 Å². The van der Waals surface area contributed by atoms with Crippen LogP contribution in [0.25, 0.3) is 5.57 Å². The molecule has 0 saturated carbocycles. The van der Waals surface area contributed by atoms with Gasteiger partial charge in [-0.3, -0.25) is 0 Å². The van der Waals surface area contributed by atoms with E-state index in [0.29, 0.717) is 16.5 Å². The minimum absolute atomic E-state index is 0.344. The van der Waals surface area contributed by atoms with Gasteiger partial charge in [-0.1, -0.05) is 68.8 Å². The number of aliphatic imine (C=N–C) groups is 1. The summed E-state index contributed by atoms with van der Waals surface area (Å²) in [7, 11) is 0. The average molecular weight is 439 g/mol.